The van der Waals surface area contributed by atoms with Crippen LogP contribution in [0.2, 0.25) is 0 Å². The van der Waals surface area contributed by atoms with Crippen LogP contribution < -0.4 is 0 Å². The molecule has 11 heavy (non-hydrogen) atoms. The van der Waals surface area contributed by atoms with E-state index in [0.29, 0.717) is 6.61 Å². The van der Waals surface area contributed by atoms with Gasteiger partial charge in [0.25, 0.3) is 0 Å². The second-order valence-electron chi connectivity index (χ2n) is 1.21. The van der Waals surface area contributed by atoms with Gasteiger partial charge in [-0.15, -0.1) is 13.2 Å². The summed E-state index contributed by atoms with van der Waals surface area (Å²) in [6.07, 6.45) is 1.63. The first-order valence-electron chi connectivity index (χ1n) is 3.20. The lowest BCUT2D eigenvalue weighted by atomic mass is 10.9. The molecule has 0 aromatic rings. The molecule has 0 saturated carbocycles. The van der Waals surface area contributed by atoms with Gasteiger partial charge in [-0.1, -0.05) is 6.58 Å². The monoisotopic (exact) mass is 157 g/mol. The van der Waals surface area contributed by atoms with E-state index in [1.165, 1.54) is 13.3 Å². The molecule has 0 saturated heterocycles. The fraction of sp³-hybridized carbons (Fsp3) is 0.375. The Hall–Kier alpha value is -1.25. The van der Waals surface area contributed by atoms with Gasteiger partial charge in [0.2, 0.25) is 0 Å². The zero-order valence-electron chi connectivity index (χ0n) is 7.17. The van der Waals surface area contributed by atoms with Gasteiger partial charge in [0.15, 0.2) is 0 Å². The first-order valence-corrected chi connectivity index (χ1v) is 3.20. The summed E-state index contributed by atoms with van der Waals surface area (Å²) in [4.78, 5) is 3.67. The van der Waals surface area contributed by atoms with E-state index in [4.69, 9.17) is 4.74 Å². The number of hydrogen-bond donors (Lipinski definition) is 0. The molecule has 0 aliphatic carbocycles. The number of hydrogen-bond acceptors (Lipinski definition) is 3. The lowest BCUT2D eigenvalue weighted by Crippen LogP contribution is -2.05. The molecule has 0 rings (SSSR count). The highest BCUT2D eigenvalue weighted by Gasteiger charge is 1.91. The molecule has 0 radical (unpaired) electrons. The van der Waals surface area contributed by atoms with Gasteiger partial charge < -0.3 is 9.47 Å². The summed E-state index contributed by atoms with van der Waals surface area (Å²) in [7, 11) is 1.50. The Kier molecular flexibility index (Phi) is 13.0. The van der Waals surface area contributed by atoms with E-state index in [2.05, 4.69) is 29.5 Å². The van der Waals surface area contributed by atoms with Gasteiger partial charge in [0.05, 0.1) is 13.7 Å². The lowest BCUT2D eigenvalue weighted by molar-refractivity contribution is 0.208. The zero-order chi connectivity index (χ0) is 9.11. The largest absolute Gasteiger partial charge is 0.454 e. The molecule has 0 fully saturated rings. The second kappa shape index (κ2) is 11.5. The molecule has 3 nitrogen and oxygen atoms in total. The molecule has 0 atom stereocenters. The molecule has 3 heteroatoms. The number of nitrogens with zero attached hydrogens (tertiary/aromatic N) is 1. The quantitative estimate of drug-likeness (QED) is 0.348. The van der Waals surface area contributed by atoms with Gasteiger partial charge >= 0.3 is 6.08 Å². The van der Waals surface area contributed by atoms with Crippen LogP contribution in [0.25, 0.3) is 0 Å². The van der Waals surface area contributed by atoms with Gasteiger partial charge in [-0.25, -0.2) is 0 Å². The minimum Gasteiger partial charge on any atom is -0.454 e. The smallest absolute Gasteiger partial charge is 0.387 e. The number of aliphatic imine (C=N–C) groups is 1. The molecule has 0 heterocycles. The maximum atomic E-state index is 4.89. The van der Waals surface area contributed by atoms with E-state index < -0.39 is 0 Å². The predicted molar refractivity (Wildman–Crippen MR) is 47.5 cm³/mol. The average molecular weight is 157 g/mol. The van der Waals surface area contributed by atoms with E-state index >= 15 is 0 Å². The van der Waals surface area contributed by atoms with Gasteiger partial charge in [-0.3, -0.25) is 0 Å². The van der Waals surface area contributed by atoms with Crippen molar-refractivity contribution in [3.63, 3.8) is 0 Å². The van der Waals surface area contributed by atoms with Crippen molar-refractivity contribution in [1.29, 1.82) is 0 Å². The van der Waals surface area contributed by atoms with Gasteiger partial charge in [-0.05, 0) is 6.92 Å². The highest BCUT2D eigenvalue weighted by Crippen LogP contribution is 1.83. The molecule has 0 amide bonds. The standard InChI is InChI=1S/C6H11NO2.C2H4/c1-4-7-6(8-3)9-5-2;1-2/h4H,1,5H2,2-3H3;1-2H2. The van der Waals surface area contributed by atoms with Crippen LogP contribution in [-0.2, 0) is 9.47 Å². The summed E-state index contributed by atoms with van der Waals surface area (Å²) in [5, 5.41) is 0. The number of rotatable bonds is 2. The Morgan fingerprint density at radius 2 is 2.09 bits per heavy atom. The van der Waals surface area contributed by atoms with E-state index in [1.54, 1.807) is 0 Å². The van der Waals surface area contributed by atoms with Crippen LogP contribution in [0.1, 0.15) is 6.92 Å². The first kappa shape index (κ1) is 12.4. The number of ether oxygens (including phenoxy) is 2. The van der Waals surface area contributed by atoms with Crippen molar-refractivity contribution in [3.8, 4) is 0 Å². The molecule has 0 spiro atoms. The Labute approximate surface area is 68.0 Å². The first-order chi connectivity index (χ1) is 5.35. The van der Waals surface area contributed by atoms with Gasteiger partial charge in [0, 0.05) is 6.20 Å². The maximum Gasteiger partial charge on any atom is 0.387 e. The highest BCUT2D eigenvalue weighted by molar-refractivity contribution is 5.67. The third-order valence-electron chi connectivity index (χ3n) is 0.639. The summed E-state index contributed by atoms with van der Waals surface area (Å²) >= 11 is 0. The third kappa shape index (κ3) is 8.75. The summed E-state index contributed by atoms with van der Waals surface area (Å²) in [6, 6.07) is 0. The van der Waals surface area contributed by atoms with Crippen molar-refractivity contribution in [3.05, 3.63) is 25.9 Å². The van der Waals surface area contributed by atoms with Crippen molar-refractivity contribution >= 4 is 6.08 Å². The second-order valence-corrected chi connectivity index (χ2v) is 1.21. The summed E-state index contributed by atoms with van der Waals surface area (Å²) in [5.74, 6) is 0. The Morgan fingerprint density at radius 3 is 2.36 bits per heavy atom. The van der Waals surface area contributed by atoms with Crippen LogP contribution in [0.4, 0.5) is 0 Å². The Bertz CT molecular complexity index is 121. The fourth-order valence-electron chi connectivity index (χ4n) is 0.347. The SMILES string of the molecule is C=C.C=CN=C(OC)OCC. The molecular weight excluding hydrogens is 142 g/mol. The number of methoxy groups -OCH3 is 1. The zero-order valence-corrected chi connectivity index (χ0v) is 7.17. The Balaban J connectivity index is 0. The van der Waals surface area contributed by atoms with E-state index in [9.17, 15) is 0 Å². The minimum atomic E-state index is 0.257. The van der Waals surface area contributed by atoms with Gasteiger partial charge in [0.1, 0.15) is 0 Å². The van der Waals surface area contributed by atoms with Crippen LogP contribution in [0.3, 0.4) is 0 Å². The lowest BCUT2D eigenvalue weighted by Gasteiger charge is -2.01. The predicted octanol–water partition coefficient (Wildman–Crippen LogP) is 1.97. The third-order valence-corrected chi connectivity index (χ3v) is 0.639. The molecule has 0 aromatic heterocycles. The molecule has 0 aliphatic rings. The molecular formula is C8H15NO2. The van der Waals surface area contributed by atoms with Crippen molar-refractivity contribution < 1.29 is 9.47 Å². The van der Waals surface area contributed by atoms with Crippen LogP contribution >= 0.6 is 0 Å². The molecule has 0 N–H and O–H groups in total. The minimum absolute atomic E-state index is 0.257. The Morgan fingerprint density at radius 1 is 1.55 bits per heavy atom. The van der Waals surface area contributed by atoms with Crippen LogP contribution in [0, 0.1) is 0 Å². The fourth-order valence-corrected chi connectivity index (χ4v) is 0.347. The van der Waals surface area contributed by atoms with Crippen molar-refractivity contribution in [2.45, 2.75) is 6.92 Å². The van der Waals surface area contributed by atoms with Crippen LogP contribution in [-0.4, -0.2) is 19.8 Å². The van der Waals surface area contributed by atoms with Crippen LogP contribution in [0.15, 0.2) is 30.9 Å². The van der Waals surface area contributed by atoms with Crippen molar-refractivity contribution in [1.82, 2.24) is 0 Å². The average Bonchev–Trinajstić information content (AvgIpc) is 2.08. The van der Waals surface area contributed by atoms with E-state index in [1.807, 2.05) is 6.92 Å². The van der Waals surface area contributed by atoms with E-state index in [0.717, 1.165) is 0 Å². The highest BCUT2D eigenvalue weighted by atomic mass is 16.7. The summed E-state index contributed by atoms with van der Waals surface area (Å²) in [6.45, 7) is 11.8. The van der Waals surface area contributed by atoms with Crippen molar-refractivity contribution in [2.24, 2.45) is 4.99 Å². The molecule has 0 unspecified atom stereocenters. The molecule has 64 valence electrons. The van der Waals surface area contributed by atoms with Gasteiger partial charge in [-0.2, -0.15) is 4.99 Å². The summed E-state index contributed by atoms with van der Waals surface area (Å²) < 4.78 is 9.58. The summed E-state index contributed by atoms with van der Waals surface area (Å²) in [5.41, 5.74) is 0. The van der Waals surface area contributed by atoms with Crippen LogP contribution in [0.5, 0.6) is 0 Å². The normalized spacial score (nSPS) is 9.09. The maximum absolute atomic E-state index is 4.89. The molecule has 0 aliphatic heterocycles. The van der Waals surface area contributed by atoms with Crippen molar-refractivity contribution in [2.75, 3.05) is 13.7 Å². The molecule has 0 bridgehead atoms. The topological polar surface area (TPSA) is 30.8 Å². The molecule has 0 aromatic carbocycles. The van der Waals surface area contributed by atoms with E-state index in [-0.39, 0.29) is 6.08 Å².